The number of carbonyl (C=O) groups excluding carboxylic acids is 1. The van der Waals surface area contributed by atoms with Crippen molar-refractivity contribution < 1.29 is 13.9 Å². The molecule has 0 atom stereocenters. The summed E-state index contributed by atoms with van der Waals surface area (Å²) in [5.41, 5.74) is 0.936. The molecule has 0 spiro atoms. The molecule has 0 unspecified atom stereocenters. The first-order valence-electron chi connectivity index (χ1n) is 8.45. The van der Waals surface area contributed by atoms with E-state index in [2.05, 4.69) is 10.4 Å². The summed E-state index contributed by atoms with van der Waals surface area (Å²) in [5, 5.41) is 8.03. The molecule has 3 aromatic rings. The highest BCUT2D eigenvalue weighted by atomic mass is 35.5. The number of hydrogen-bond acceptors (Lipinski definition) is 4. The highest BCUT2D eigenvalue weighted by Gasteiger charge is 2.12. The minimum atomic E-state index is -0.270. The lowest BCUT2D eigenvalue weighted by Gasteiger charge is -2.09. The van der Waals surface area contributed by atoms with Crippen molar-refractivity contribution in [3.05, 3.63) is 69.9 Å². The van der Waals surface area contributed by atoms with E-state index in [4.69, 9.17) is 32.4 Å². The highest BCUT2D eigenvalue weighted by Crippen LogP contribution is 2.28. The number of rotatable bonds is 8. The van der Waals surface area contributed by atoms with Crippen LogP contribution in [0.3, 0.4) is 0 Å². The van der Waals surface area contributed by atoms with Gasteiger partial charge in [-0.15, -0.1) is 0 Å². The van der Waals surface area contributed by atoms with E-state index in [-0.39, 0.29) is 18.3 Å². The van der Waals surface area contributed by atoms with E-state index < -0.39 is 0 Å². The first kappa shape index (κ1) is 19.3. The maximum Gasteiger partial charge on any atom is 0.286 e. The van der Waals surface area contributed by atoms with Crippen molar-refractivity contribution >= 4 is 29.1 Å². The summed E-state index contributed by atoms with van der Waals surface area (Å²) in [4.78, 5) is 12.1. The fraction of sp³-hybridized carbons (Fsp3) is 0.263. The normalized spacial score (nSPS) is 10.8. The van der Waals surface area contributed by atoms with Crippen molar-refractivity contribution in [3.63, 3.8) is 0 Å². The van der Waals surface area contributed by atoms with Gasteiger partial charge in [0.05, 0.1) is 16.2 Å². The first-order chi connectivity index (χ1) is 13.0. The van der Waals surface area contributed by atoms with E-state index in [1.807, 2.05) is 19.1 Å². The highest BCUT2D eigenvalue weighted by molar-refractivity contribution is 6.32. The number of halogens is 2. The van der Waals surface area contributed by atoms with Crippen LogP contribution in [0.25, 0.3) is 0 Å². The molecule has 0 aliphatic rings. The molecule has 0 aliphatic heterocycles. The number of carbonyl (C=O) groups is 1. The number of hydrogen-bond donors (Lipinski definition) is 1. The fourth-order valence-electron chi connectivity index (χ4n) is 2.51. The molecule has 0 bridgehead atoms. The summed E-state index contributed by atoms with van der Waals surface area (Å²) in [6.07, 6.45) is 4.05. The zero-order chi connectivity index (χ0) is 19.2. The van der Waals surface area contributed by atoms with Crippen LogP contribution in [-0.2, 0) is 13.2 Å². The number of para-hydroxylation sites is 1. The molecule has 3 rings (SSSR count). The number of aromatic nitrogens is 2. The molecule has 0 saturated heterocycles. The van der Waals surface area contributed by atoms with Gasteiger partial charge in [-0.1, -0.05) is 35.3 Å². The molecule has 142 valence electrons. The Morgan fingerprint density at radius 3 is 2.89 bits per heavy atom. The molecule has 0 fully saturated rings. The number of aryl methyl sites for hydroxylation is 2. The summed E-state index contributed by atoms with van der Waals surface area (Å²) in [7, 11) is 0. The molecule has 1 amide bonds. The molecule has 1 aromatic carbocycles. The summed E-state index contributed by atoms with van der Waals surface area (Å²) in [5.74, 6) is 1.13. The third kappa shape index (κ3) is 5.28. The van der Waals surface area contributed by atoms with Gasteiger partial charge in [0.1, 0.15) is 18.1 Å². The van der Waals surface area contributed by atoms with Crippen molar-refractivity contribution in [1.29, 1.82) is 0 Å². The van der Waals surface area contributed by atoms with E-state index in [1.165, 1.54) is 0 Å². The largest absolute Gasteiger partial charge is 0.484 e. The Kier molecular flexibility index (Phi) is 6.42. The van der Waals surface area contributed by atoms with Gasteiger partial charge in [-0.3, -0.25) is 9.48 Å². The van der Waals surface area contributed by atoms with Crippen LogP contribution >= 0.6 is 23.2 Å². The number of furan rings is 1. The molecular weight excluding hydrogens is 389 g/mol. The van der Waals surface area contributed by atoms with Crippen LogP contribution in [0.5, 0.6) is 5.75 Å². The molecule has 0 saturated carbocycles. The second-order valence-electron chi connectivity index (χ2n) is 5.97. The molecule has 0 aliphatic carbocycles. The predicted octanol–water partition coefficient (Wildman–Crippen LogP) is 4.49. The standard InChI is InChI=1S/C19H19Cl2N3O3/c1-13-4-2-5-16(21)18(13)26-12-15-6-7-17(27-15)19(25)22-8-3-9-24-11-14(20)10-23-24/h2,4-7,10-11H,3,8-9,12H2,1H3,(H,22,25). The monoisotopic (exact) mass is 407 g/mol. The van der Waals surface area contributed by atoms with Gasteiger partial charge in [-0.05, 0) is 37.1 Å². The van der Waals surface area contributed by atoms with Gasteiger partial charge in [0, 0.05) is 19.3 Å². The van der Waals surface area contributed by atoms with Crippen LogP contribution in [0.15, 0.2) is 47.1 Å². The van der Waals surface area contributed by atoms with Gasteiger partial charge in [0.15, 0.2) is 5.76 Å². The van der Waals surface area contributed by atoms with Gasteiger partial charge in [-0.25, -0.2) is 0 Å². The fourth-order valence-corrected chi connectivity index (χ4v) is 2.94. The summed E-state index contributed by atoms with van der Waals surface area (Å²) < 4.78 is 13.0. The molecule has 2 heterocycles. The Morgan fingerprint density at radius 1 is 1.30 bits per heavy atom. The predicted molar refractivity (Wildman–Crippen MR) is 103 cm³/mol. The van der Waals surface area contributed by atoms with Crippen LogP contribution in [0.4, 0.5) is 0 Å². The first-order valence-corrected chi connectivity index (χ1v) is 9.21. The van der Waals surface area contributed by atoms with E-state index in [0.29, 0.717) is 34.6 Å². The van der Waals surface area contributed by atoms with Crippen molar-refractivity contribution in [1.82, 2.24) is 15.1 Å². The smallest absolute Gasteiger partial charge is 0.286 e. The number of nitrogens with zero attached hydrogens (tertiary/aromatic N) is 2. The zero-order valence-corrected chi connectivity index (χ0v) is 16.3. The maximum atomic E-state index is 12.1. The number of benzene rings is 1. The molecule has 1 N–H and O–H groups in total. The summed E-state index contributed by atoms with van der Waals surface area (Å²) in [6, 6.07) is 8.88. The Morgan fingerprint density at radius 2 is 2.15 bits per heavy atom. The Hall–Kier alpha value is -2.44. The minimum absolute atomic E-state index is 0.192. The van der Waals surface area contributed by atoms with Crippen molar-refractivity contribution in [2.45, 2.75) is 26.5 Å². The lowest BCUT2D eigenvalue weighted by molar-refractivity contribution is 0.0920. The van der Waals surface area contributed by atoms with Gasteiger partial charge in [0.2, 0.25) is 0 Å². The van der Waals surface area contributed by atoms with Crippen LogP contribution in [0, 0.1) is 6.92 Å². The molecule has 0 radical (unpaired) electrons. The van der Waals surface area contributed by atoms with Gasteiger partial charge < -0.3 is 14.5 Å². The average molecular weight is 408 g/mol. The maximum absolute atomic E-state index is 12.1. The van der Waals surface area contributed by atoms with E-state index in [9.17, 15) is 4.79 Å². The third-order valence-electron chi connectivity index (χ3n) is 3.86. The Bertz CT molecular complexity index is 900. The molecular formula is C19H19Cl2N3O3. The third-order valence-corrected chi connectivity index (χ3v) is 4.35. The summed E-state index contributed by atoms with van der Waals surface area (Å²) >= 11 is 11.9. The van der Waals surface area contributed by atoms with Gasteiger partial charge in [-0.2, -0.15) is 5.10 Å². The van der Waals surface area contributed by atoms with Gasteiger partial charge >= 0.3 is 0 Å². The number of amides is 1. The minimum Gasteiger partial charge on any atom is -0.484 e. The van der Waals surface area contributed by atoms with Crippen molar-refractivity contribution in [2.24, 2.45) is 0 Å². The molecule has 2 aromatic heterocycles. The number of nitrogens with one attached hydrogen (secondary N) is 1. The molecule has 6 nitrogen and oxygen atoms in total. The molecule has 27 heavy (non-hydrogen) atoms. The topological polar surface area (TPSA) is 69.3 Å². The van der Waals surface area contributed by atoms with E-state index in [1.54, 1.807) is 35.3 Å². The lowest BCUT2D eigenvalue weighted by atomic mass is 10.2. The SMILES string of the molecule is Cc1cccc(Cl)c1OCc1ccc(C(=O)NCCCn2cc(Cl)cn2)o1. The van der Waals surface area contributed by atoms with Crippen LogP contribution in [-0.4, -0.2) is 22.2 Å². The van der Waals surface area contributed by atoms with Crippen LogP contribution in [0.2, 0.25) is 10.0 Å². The van der Waals surface area contributed by atoms with Gasteiger partial charge in [0.25, 0.3) is 5.91 Å². The number of ether oxygens (including phenoxy) is 1. The van der Waals surface area contributed by atoms with Crippen LogP contribution < -0.4 is 10.1 Å². The quantitative estimate of drug-likeness (QED) is 0.558. The lowest BCUT2D eigenvalue weighted by Crippen LogP contribution is -2.24. The van der Waals surface area contributed by atoms with Crippen molar-refractivity contribution in [2.75, 3.05) is 6.54 Å². The summed E-state index contributed by atoms with van der Waals surface area (Å²) in [6.45, 7) is 3.28. The second kappa shape index (κ2) is 8.97. The van der Waals surface area contributed by atoms with Crippen molar-refractivity contribution in [3.8, 4) is 5.75 Å². The molecule has 8 heteroatoms. The van der Waals surface area contributed by atoms with Crippen LogP contribution in [0.1, 0.15) is 28.3 Å². The van der Waals surface area contributed by atoms with E-state index >= 15 is 0 Å². The van der Waals surface area contributed by atoms with E-state index in [0.717, 1.165) is 12.0 Å². The Labute approximate surface area is 167 Å². The zero-order valence-electron chi connectivity index (χ0n) is 14.7. The second-order valence-corrected chi connectivity index (χ2v) is 6.82. The average Bonchev–Trinajstić information content (AvgIpc) is 3.27. The Balaban J connectivity index is 1.46.